The van der Waals surface area contributed by atoms with Gasteiger partial charge in [-0.2, -0.15) is 0 Å². The van der Waals surface area contributed by atoms with Gasteiger partial charge in [-0.25, -0.2) is 33.5 Å². The standard InChI is InChI=1S/C7H7ClN2O.C7H6ClNO2.C6H4ClNO2.C6H5NO2.CH4O.Cl2OS/c1-9-7(11)6-4-5(8)2-3-10-6;1-11-7(10)6-4-5(8)2-3-9-6;7-4-1-2-8-5(3-4)6(9)10;8-6(9)5-3-1-2-4-7-5;1-2;1-4(2)3/h2-4H,1H3,(H,9,11);2-4H,1H3;1-3H,(H,9,10);1-4H,(H,8,9);2H,1H3;. The van der Waals surface area contributed by atoms with Gasteiger partial charge in [0, 0.05) is 75.4 Å². The fourth-order valence-electron chi connectivity index (χ4n) is 2.29. The number of carbonyl (C=O) groups is 4. The normalized spacial score (nSPS) is 8.89. The third kappa shape index (κ3) is 23.1. The molecule has 4 rings (SSSR count). The van der Waals surface area contributed by atoms with Crippen molar-refractivity contribution >= 4 is 89.2 Å². The third-order valence-corrected chi connectivity index (χ3v) is 4.83. The molecule has 4 N–H and O–H groups in total. The number of aliphatic hydroxyl groups excluding tert-OH is 1. The van der Waals surface area contributed by atoms with Crippen LogP contribution in [-0.4, -0.2) is 84.5 Å². The second-order valence-electron chi connectivity index (χ2n) is 7.16. The maximum atomic E-state index is 10.9. The van der Waals surface area contributed by atoms with Crippen LogP contribution in [-0.2, 0) is 14.0 Å². The number of carbonyl (C=O) groups excluding carboxylic acids is 2. The number of halogens is 5. The van der Waals surface area contributed by atoms with Gasteiger partial charge in [-0.1, -0.05) is 40.9 Å². The first-order chi connectivity index (χ1) is 22.2. The number of aromatic carboxylic acids is 2. The average Bonchev–Trinajstić information content (AvgIpc) is 3.06. The van der Waals surface area contributed by atoms with Crippen LogP contribution < -0.4 is 5.32 Å². The number of nitrogens with zero attached hydrogens (tertiary/aromatic N) is 4. The number of hydrogen-bond acceptors (Lipinski definition) is 11. The molecule has 0 aliphatic heterocycles. The van der Waals surface area contributed by atoms with Crippen molar-refractivity contribution < 1.29 is 43.4 Å². The van der Waals surface area contributed by atoms with Crippen molar-refractivity contribution in [1.82, 2.24) is 25.3 Å². The fourth-order valence-corrected chi connectivity index (χ4v) is 2.77. The summed E-state index contributed by atoms with van der Waals surface area (Å²) in [5.74, 6) is -2.77. The first-order valence-electron chi connectivity index (χ1n) is 11.9. The maximum absolute atomic E-state index is 10.9. The Morgan fingerprint density at radius 3 is 1.38 bits per heavy atom. The SMILES string of the molecule is CNC(=O)c1cc(Cl)ccn1.CO.COC(=O)c1cc(Cl)ccn1.O=C(O)c1cc(Cl)ccn1.O=C(O)c1ccccn1.O=S(Cl)Cl. The molecule has 0 radical (unpaired) electrons. The molecule has 0 aliphatic carbocycles. The lowest BCUT2D eigenvalue weighted by Crippen LogP contribution is -2.18. The lowest BCUT2D eigenvalue weighted by molar-refractivity contribution is 0.0592. The molecule has 254 valence electrons. The molecule has 4 heterocycles. The Hall–Kier alpha value is -3.96. The molecule has 20 heteroatoms. The molecule has 0 atom stereocenters. The zero-order valence-corrected chi connectivity index (χ0v) is 29.0. The molecular weight excluding hydrogens is 748 g/mol. The van der Waals surface area contributed by atoms with E-state index in [-0.39, 0.29) is 23.0 Å². The van der Waals surface area contributed by atoms with Gasteiger partial charge < -0.3 is 25.4 Å². The second-order valence-corrected chi connectivity index (χ2v) is 11.0. The number of methoxy groups -OCH3 is 1. The van der Waals surface area contributed by atoms with E-state index in [9.17, 15) is 19.2 Å². The predicted octanol–water partition coefficient (Wildman–Crippen LogP) is 5.48. The number of esters is 1. The van der Waals surface area contributed by atoms with E-state index in [1.165, 1.54) is 62.2 Å². The van der Waals surface area contributed by atoms with Crippen molar-refractivity contribution in [3.63, 3.8) is 0 Å². The van der Waals surface area contributed by atoms with E-state index < -0.39 is 27.1 Å². The Kier molecular flexibility index (Phi) is 26.1. The van der Waals surface area contributed by atoms with Gasteiger partial charge in [0.25, 0.3) is 5.91 Å². The van der Waals surface area contributed by atoms with Gasteiger partial charge in [0.05, 0.1) is 7.11 Å². The summed E-state index contributed by atoms with van der Waals surface area (Å²) in [6.45, 7) is 0. The van der Waals surface area contributed by atoms with Gasteiger partial charge in [-0.3, -0.25) is 9.78 Å². The lowest BCUT2D eigenvalue weighted by atomic mass is 10.3. The number of carboxylic acid groups (broad SMARTS) is 2. The van der Waals surface area contributed by atoms with E-state index in [2.05, 4.69) is 51.4 Å². The molecule has 0 unspecified atom stereocenters. The number of carboxylic acids is 2. The van der Waals surface area contributed by atoms with E-state index in [0.717, 1.165) is 7.11 Å². The van der Waals surface area contributed by atoms with Gasteiger partial charge in [-0.05, 0) is 48.5 Å². The summed E-state index contributed by atoms with van der Waals surface area (Å²) in [4.78, 5) is 56.8. The first-order valence-corrected chi connectivity index (χ1v) is 15.9. The Morgan fingerprint density at radius 2 is 1.06 bits per heavy atom. The molecule has 0 fully saturated rings. The highest BCUT2D eigenvalue weighted by Crippen LogP contribution is 2.09. The van der Waals surface area contributed by atoms with Crippen LogP contribution in [0.4, 0.5) is 0 Å². The van der Waals surface area contributed by atoms with Crippen LogP contribution in [0.25, 0.3) is 0 Å². The number of hydrogen-bond donors (Lipinski definition) is 4. The first kappa shape index (κ1) is 45.2. The number of rotatable bonds is 4. The van der Waals surface area contributed by atoms with E-state index >= 15 is 0 Å². The molecule has 4 aromatic rings. The van der Waals surface area contributed by atoms with Crippen molar-refractivity contribution in [3.05, 3.63) is 117 Å². The Bertz CT molecular complexity index is 1510. The van der Waals surface area contributed by atoms with Gasteiger partial charge in [-0.15, -0.1) is 0 Å². The molecule has 0 aromatic carbocycles. The van der Waals surface area contributed by atoms with Crippen LogP contribution in [0.15, 0.2) is 79.4 Å². The summed E-state index contributed by atoms with van der Waals surface area (Å²) in [5, 5.41) is 27.5. The molecule has 0 saturated carbocycles. The Morgan fingerprint density at radius 1 is 0.681 bits per heavy atom. The minimum absolute atomic E-state index is 0.0347. The smallest absolute Gasteiger partial charge is 0.356 e. The summed E-state index contributed by atoms with van der Waals surface area (Å²) in [6, 6.07) is 13.7. The molecular formula is C27H26Cl5N5O9S. The predicted molar refractivity (Wildman–Crippen MR) is 179 cm³/mol. The molecule has 47 heavy (non-hydrogen) atoms. The summed E-state index contributed by atoms with van der Waals surface area (Å²) in [6.07, 6.45) is 5.75. The fraction of sp³-hybridized carbons (Fsp3) is 0.111. The molecule has 0 aliphatic rings. The zero-order chi connectivity index (χ0) is 36.4. The van der Waals surface area contributed by atoms with Crippen molar-refractivity contribution in [2.24, 2.45) is 0 Å². The van der Waals surface area contributed by atoms with Crippen LogP contribution in [0.3, 0.4) is 0 Å². The van der Waals surface area contributed by atoms with Crippen molar-refractivity contribution in [2.75, 3.05) is 21.3 Å². The van der Waals surface area contributed by atoms with E-state index in [0.29, 0.717) is 20.8 Å². The monoisotopic (exact) mass is 771 g/mol. The van der Waals surface area contributed by atoms with Crippen LogP contribution >= 0.6 is 56.2 Å². The summed E-state index contributed by atoms with van der Waals surface area (Å²) < 4.78 is 13.5. The molecule has 0 bridgehead atoms. The van der Waals surface area contributed by atoms with Crippen LogP contribution in [0.5, 0.6) is 0 Å². The minimum atomic E-state index is -1.67. The second kappa shape index (κ2) is 27.2. The highest BCUT2D eigenvalue weighted by Gasteiger charge is 2.06. The number of aliphatic hydroxyl groups is 1. The molecule has 4 aromatic heterocycles. The summed E-state index contributed by atoms with van der Waals surface area (Å²) in [7, 11) is 11.2. The Balaban J connectivity index is 0. The van der Waals surface area contributed by atoms with Crippen molar-refractivity contribution in [1.29, 1.82) is 0 Å². The molecule has 1 amide bonds. The zero-order valence-electron chi connectivity index (χ0n) is 24.4. The lowest BCUT2D eigenvalue weighted by Gasteiger charge is -1.97. The highest BCUT2D eigenvalue weighted by molar-refractivity contribution is 8.26. The van der Waals surface area contributed by atoms with E-state index in [1.807, 2.05) is 0 Å². The third-order valence-electron chi connectivity index (χ3n) is 4.12. The molecule has 0 spiro atoms. The van der Waals surface area contributed by atoms with E-state index in [4.69, 9.17) is 54.3 Å². The largest absolute Gasteiger partial charge is 0.477 e. The number of ether oxygens (including phenoxy) is 1. The Labute approximate surface area is 295 Å². The summed E-state index contributed by atoms with van der Waals surface area (Å²) >= 11 is 16.7. The van der Waals surface area contributed by atoms with Crippen LogP contribution in [0.2, 0.25) is 15.1 Å². The number of amides is 1. The van der Waals surface area contributed by atoms with Crippen LogP contribution in [0.1, 0.15) is 42.0 Å². The van der Waals surface area contributed by atoms with Crippen molar-refractivity contribution in [3.8, 4) is 0 Å². The topological polar surface area (TPSA) is 219 Å². The summed E-state index contributed by atoms with van der Waals surface area (Å²) in [5.41, 5.74) is 0.602. The molecule has 0 saturated heterocycles. The number of nitrogens with one attached hydrogen (secondary N) is 1. The van der Waals surface area contributed by atoms with Gasteiger partial charge in [0.15, 0.2) is 0 Å². The van der Waals surface area contributed by atoms with Crippen molar-refractivity contribution in [2.45, 2.75) is 0 Å². The van der Waals surface area contributed by atoms with Gasteiger partial charge in [0.2, 0.25) is 9.23 Å². The van der Waals surface area contributed by atoms with Gasteiger partial charge >= 0.3 is 17.9 Å². The van der Waals surface area contributed by atoms with Crippen LogP contribution in [0, 0.1) is 0 Å². The molecule has 14 nitrogen and oxygen atoms in total. The highest BCUT2D eigenvalue weighted by atomic mass is 36.0. The maximum Gasteiger partial charge on any atom is 0.356 e. The number of aromatic nitrogens is 4. The van der Waals surface area contributed by atoms with E-state index in [1.54, 1.807) is 31.3 Å². The van der Waals surface area contributed by atoms with Gasteiger partial charge in [0.1, 0.15) is 22.8 Å². The minimum Gasteiger partial charge on any atom is -0.477 e. The number of pyridine rings is 4. The quantitative estimate of drug-likeness (QED) is 0.149. The average molecular weight is 774 g/mol.